The smallest absolute Gasteiger partial charge is 0.374 e. The zero-order valence-electron chi connectivity index (χ0n) is 12.0. The van der Waals surface area contributed by atoms with Crippen LogP contribution in [0, 0.1) is 11.8 Å². The average Bonchev–Trinajstić information content (AvgIpc) is 2.61. The van der Waals surface area contributed by atoms with Gasteiger partial charge in [0.25, 0.3) is 0 Å². The van der Waals surface area contributed by atoms with Crippen LogP contribution in [-0.2, 0) is 13.3 Å². The van der Waals surface area contributed by atoms with E-state index in [4.69, 9.17) is 13.3 Å². The Kier molecular flexibility index (Phi) is 6.13. The highest BCUT2D eigenvalue weighted by Gasteiger charge is 2.54. The van der Waals surface area contributed by atoms with E-state index in [1.54, 1.807) is 0 Å². The van der Waals surface area contributed by atoms with Gasteiger partial charge in [-0.2, -0.15) is 0 Å². The zero-order valence-corrected chi connectivity index (χ0v) is 13.0. The summed E-state index contributed by atoms with van der Waals surface area (Å²) in [4.78, 5) is 0. The van der Waals surface area contributed by atoms with Gasteiger partial charge in [0.15, 0.2) is 0 Å². The van der Waals surface area contributed by atoms with Crippen LogP contribution in [0.15, 0.2) is 0 Å². The Morgan fingerprint density at radius 2 is 1.35 bits per heavy atom. The molecule has 0 N–H and O–H groups in total. The Bertz CT molecular complexity index is 206. The van der Waals surface area contributed by atoms with Gasteiger partial charge >= 0.3 is 8.80 Å². The van der Waals surface area contributed by atoms with E-state index in [1.807, 2.05) is 20.8 Å². The van der Waals surface area contributed by atoms with Crippen LogP contribution < -0.4 is 0 Å². The average molecular weight is 260 g/mol. The molecule has 0 aromatic carbocycles. The summed E-state index contributed by atoms with van der Waals surface area (Å²) in [7, 11) is -2.47. The van der Waals surface area contributed by atoms with Crippen LogP contribution in [-0.4, -0.2) is 28.6 Å². The van der Waals surface area contributed by atoms with Gasteiger partial charge in [0.2, 0.25) is 0 Å². The van der Waals surface area contributed by atoms with E-state index in [9.17, 15) is 0 Å². The molecule has 0 amide bonds. The molecular formula is C13H28O3Si. The summed E-state index contributed by atoms with van der Waals surface area (Å²) in [6.07, 6.45) is 2.46. The summed E-state index contributed by atoms with van der Waals surface area (Å²) in [5.41, 5.74) is 0.484. The third-order valence-corrected chi connectivity index (χ3v) is 7.75. The third kappa shape index (κ3) is 3.31. The summed E-state index contributed by atoms with van der Waals surface area (Å²) < 4.78 is 18.0. The molecule has 4 heteroatoms. The van der Waals surface area contributed by atoms with Crippen molar-refractivity contribution in [3.63, 3.8) is 0 Å². The van der Waals surface area contributed by atoms with Crippen molar-refractivity contribution in [1.82, 2.24) is 0 Å². The van der Waals surface area contributed by atoms with E-state index in [2.05, 4.69) is 13.8 Å². The fourth-order valence-corrected chi connectivity index (χ4v) is 6.51. The molecule has 0 spiro atoms. The van der Waals surface area contributed by atoms with Crippen molar-refractivity contribution in [3.05, 3.63) is 0 Å². The van der Waals surface area contributed by atoms with Gasteiger partial charge in [-0.05, 0) is 39.0 Å². The molecular weight excluding hydrogens is 232 g/mol. The van der Waals surface area contributed by atoms with Crippen molar-refractivity contribution in [1.29, 1.82) is 0 Å². The Morgan fingerprint density at radius 3 is 1.65 bits per heavy atom. The zero-order chi connectivity index (χ0) is 12.9. The molecule has 3 nitrogen and oxygen atoms in total. The molecule has 0 aromatic rings. The Morgan fingerprint density at radius 1 is 0.882 bits per heavy atom. The first-order chi connectivity index (χ1) is 8.11. The molecule has 1 saturated carbocycles. The number of hydrogen-bond donors (Lipinski definition) is 0. The summed E-state index contributed by atoms with van der Waals surface area (Å²) in [6.45, 7) is 12.8. The Balaban J connectivity index is 2.86. The van der Waals surface area contributed by atoms with Crippen LogP contribution in [0.4, 0.5) is 0 Å². The summed E-state index contributed by atoms with van der Waals surface area (Å²) in [5.74, 6) is 1.40. The molecule has 0 aromatic heterocycles. The van der Waals surface area contributed by atoms with Gasteiger partial charge in [0.05, 0.1) is 0 Å². The fourth-order valence-electron chi connectivity index (χ4n) is 2.91. The summed E-state index contributed by atoms with van der Waals surface area (Å²) in [6, 6.07) is 0. The van der Waals surface area contributed by atoms with Crippen LogP contribution in [0.2, 0.25) is 5.54 Å². The minimum atomic E-state index is -2.47. The highest BCUT2D eigenvalue weighted by atomic mass is 28.4. The largest absolute Gasteiger partial charge is 0.504 e. The Hall–Kier alpha value is 0.0969. The molecule has 1 fully saturated rings. The molecule has 0 radical (unpaired) electrons. The predicted molar refractivity (Wildman–Crippen MR) is 71.9 cm³/mol. The van der Waals surface area contributed by atoms with Crippen LogP contribution in [0.3, 0.4) is 0 Å². The van der Waals surface area contributed by atoms with Gasteiger partial charge in [-0.25, -0.2) is 0 Å². The van der Waals surface area contributed by atoms with E-state index in [0.717, 1.165) is 5.92 Å². The van der Waals surface area contributed by atoms with E-state index in [0.29, 0.717) is 31.3 Å². The lowest BCUT2D eigenvalue weighted by molar-refractivity contribution is 0.0560. The van der Waals surface area contributed by atoms with Crippen LogP contribution in [0.25, 0.3) is 0 Å². The highest BCUT2D eigenvalue weighted by Crippen LogP contribution is 2.47. The number of rotatable bonds is 7. The minimum absolute atomic E-state index is 0.484. The highest BCUT2D eigenvalue weighted by molar-refractivity contribution is 6.62. The molecule has 3 unspecified atom stereocenters. The molecule has 0 heterocycles. The van der Waals surface area contributed by atoms with Crippen molar-refractivity contribution in [2.75, 3.05) is 19.8 Å². The standard InChI is InChI=1S/C13H28O3Si/c1-6-14-17(15-7-2,16-8-3)13-10-9-11(4)12(13)5/h11-13H,6-10H2,1-5H3. The van der Waals surface area contributed by atoms with Crippen LogP contribution in [0.1, 0.15) is 47.5 Å². The van der Waals surface area contributed by atoms with E-state index < -0.39 is 8.80 Å². The van der Waals surface area contributed by atoms with Crippen LogP contribution >= 0.6 is 0 Å². The minimum Gasteiger partial charge on any atom is -0.374 e. The third-order valence-electron chi connectivity index (χ3n) is 3.96. The SMILES string of the molecule is CCO[Si](OCC)(OCC)C1CCC(C)C1C. The second-order valence-electron chi connectivity index (χ2n) is 4.92. The van der Waals surface area contributed by atoms with E-state index in [1.165, 1.54) is 12.8 Å². The van der Waals surface area contributed by atoms with Gasteiger partial charge in [-0.3, -0.25) is 0 Å². The lowest BCUT2D eigenvalue weighted by Gasteiger charge is -2.35. The van der Waals surface area contributed by atoms with Crippen molar-refractivity contribution >= 4 is 8.80 Å². The second kappa shape index (κ2) is 6.88. The maximum atomic E-state index is 6.01. The molecule has 102 valence electrons. The van der Waals surface area contributed by atoms with Crippen molar-refractivity contribution in [2.24, 2.45) is 11.8 Å². The van der Waals surface area contributed by atoms with Crippen molar-refractivity contribution in [2.45, 2.75) is 53.0 Å². The molecule has 17 heavy (non-hydrogen) atoms. The molecule has 1 aliphatic rings. The molecule has 3 atom stereocenters. The van der Waals surface area contributed by atoms with Gasteiger partial charge < -0.3 is 13.3 Å². The second-order valence-corrected chi connectivity index (χ2v) is 7.74. The summed E-state index contributed by atoms with van der Waals surface area (Å²) in [5, 5.41) is 0. The Labute approximate surface area is 107 Å². The monoisotopic (exact) mass is 260 g/mol. The topological polar surface area (TPSA) is 27.7 Å². The molecule has 1 aliphatic carbocycles. The maximum absolute atomic E-state index is 6.01. The van der Waals surface area contributed by atoms with E-state index in [-0.39, 0.29) is 0 Å². The van der Waals surface area contributed by atoms with Gasteiger partial charge in [0.1, 0.15) is 0 Å². The van der Waals surface area contributed by atoms with Gasteiger partial charge in [-0.15, -0.1) is 0 Å². The van der Waals surface area contributed by atoms with Gasteiger partial charge in [-0.1, -0.05) is 20.3 Å². The predicted octanol–water partition coefficient (Wildman–Crippen LogP) is 3.47. The molecule has 0 aliphatic heterocycles. The summed E-state index contributed by atoms with van der Waals surface area (Å²) >= 11 is 0. The van der Waals surface area contributed by atoms with Crippen molar-refractivity contribution < 1.29 is 13.3 Å². The van der Waals surface area contributed by atoms with Crippen molar-refractivity contribution in [3.8, 4) is 0 Å². The lowest BCUT2D eigenvalue weighted by atomic mass is 10.0. The lowest BCUT2D eigenvalue weighted by Crippen LogP contribution is -2.51. The maximum Gasteiger partial charge on any atom is 0.504 e. The normalized spacial score (nSPS) is 29.8. The first kappa shape index (κ1) is 15.2. The first-order valence-corrected chi connectivity index (χ1v) is 8.83. The molecule has 1 rings (SSSR count). The first-order valence-electron chi connectivity index (χ1n) is 7.03. The molecule has 0 saturated heterocycles. The van der Waals surface area contributed by atoms with Crippen LogP contribution in [0.5, 0.6) is 0 Å². The van der Waals surface area contributed by atoms with Gasteiger partial charge in [0, 0.05) is 25.4 Å². The fraction of sp³-hybridized carbons (Fsp3) is 1.00. The number of hydrogen-bond acceptors (Lipinski definition) is 3. The quantitative estimate of drug-likeness (QED) is 0.656. The van der Waals surface area contributed by atoms with E-state index >= 15 is 0 Å². The molecule has 0 bridgehead atoms.